The second-order valence-electron chi connectivity index (χ2n) is 5.08. The van der Waals surface area contributed by atoms with E-state index in [-0.39, 0.29) is 11.9 Å². The number of carbonyl (C=O) groups is 1. The highest BCUT2D eigenvalue weighted by Gasteiger charge is 2.18. The van der Waals surface area contributed by atoms with Gasteiger partial charge in [-0.25, -0.2) is 4.98 Å². The first-order valence-corrected chi connectivity index (χ1v) is 8.69. The number of nitrogens with zero attached hydrogens (tertiary/aromatic N) is 3. The molecule has 1 N–H and O–H groups in total. The molecule has 0 aliphatic carbocycles. The summed E-state index contributed by atoms with van der Waals surface area (Å²) in [6, 6.07) is 9.38. The molecule has 3 rings (SSSR count). The smallest absolute Gasteiger partial charge is 0.250 e. The summed E-state index contributed by atoms with van der Waals surface area (Å²) in [6.07, 6.45) is 3.42. The van der Waals surface area contributed by atoms with Crippen molar-refractivity contribution in [3.05, 3.63) is 52.1 Å². The van der Waals surface area contributed by atoms with Crippen LogP contribution >= 0.6 is 27.3 Å². The van der Waals surface area contributed by atoms with E-state index in [1.54, 1.807) is 30.1 Å². The van der Waals surface area contributed by atoms with E-state index in [2.05, 4.69) is 31.3 Å². The molecule has 2 heterocycles. The highest BCUT2D eigenvalue weighted by Crippen LogP contribution is 2.31. The molecule has 0 aliphatic heterocycles. The Morgan fingerprint density at radius 2 is 2.09 bits per heavy atom. The van der Waals surface area contributed by atoms with Gasteiger partial charge in [0.15, 0.2) is 5.13 Å². The third-order valence-electron chi connectivity index (χ3n) is 3.45. The fourth-order valence-electron chi connectivity index (χ4n) is 2.17. The minimum atomic E-state index is -0.384. The molecular formula is C16H15BrN4OS. The van der Waals surface area contributed by atoms with E-state index in [4.69, 9.17) is 0 Å². The summed E-state index contributed by atoms with van der Waals surface area (Å²) in [7, 11) is 0. The second kappa shape index (κ2) is 6.64. The van der Waals surface area contributed by atoms with Gasteiger partial charge in [0.2, 0.25) is 0 Å². The van der Waals surface area contributed by atoms with Gasteiger partial charge in [0.25, 0.3) is 5.91 Å². The van der Waals surface area contributed by atoms with E-state index in [1.807, 2.05) is 31.2 Å². The van der Waals surface area contributed by atoms with Gasteiger partial charge in [0.05, 0.1) is 5.69 Å². The molecule has 3 aromatic rings. The monoisotopic (exact) mass is 390 g/mol. The molecular weight excluding hydrogens is 376 g/mol. The molecule has 0 bridgehead atoms. The van der Waals surface area contributed by atoms with Gasteiger partial charge in [-0.2, -0.15) is 5.10 Å². The van der Waals surface area contributed by atoms with Crippen molar-refractivity contribution in [2.45, 2.75) is 19.9 Å². The first-order chi connectivity index (χ1) is 11.0. The van der Waals surface area contributed by atoms with Crippen LogP contribution in [0.2, 0.25) is 0 Å². The second-order valence-corrected chi connectivity index (χ2v) is 7.20. The van der Waals surface area contributed by atoms with Gasteiger partial charge in [0.1, 0.15) is 6.04 Å². The van der Waals surface area contributed by atoms with Crippen molar-refractivity contribution in [1.29, 1.82) is 0 Å². The molecule has 0 saturated carbocycles. The van der Waals surface area contributed by atoms with Gasteiger partial charge in [-0.05, 0) is 32.0 Å². The van der Waals surface area contributed by atoms with Crippen molar-refractivity contribution in [3.63, 3.8) is 0 Å². The number of halogens is 1. The first-order valence-electron chi connectivity index (χ1n) is 7.08. The van der Waals surface area contributed by atoms with E-state index in [0.717, 1.165) is 20.6 Å². The van der Waals surface area contributed by atoms with Crippen LogP contribution in [0.15, 0.2) is 47.2 Å². The maximum atomic E-state index is 12.3. The number of benzene rings is 1. The maximum absolute atomic E-state index is 12.3. The normalized spacial score (nSPS) is 12.1. The van der Waals surface area contributed by atoms with Crippen LogP contribution < -0.4 is 5.32 Å². The number of amides is 1. The molecule has 0 spiro atoms. The van der Waals surface area contributed by atoms with Crippen LogP contribution in [-0.4, -0.2) is 20.7 Å². The highest BCUT2D eigenvalue weighted by molar-refractivity contribution is 9.10. The summed E-state index contributed by atoms with van der Waals surface area (Å²) < 4.78 is 2.64. The predicted molar refractivity (Wildman–Crippen MR) is 95.6 cm³/mol. The fraction of sp³-hybridized carbons (Fsp3) is 0.188. The minimum absolute atomic E-state index is 0.134. The number of thiazole rings is 1. The van der Waals surface area contributed by atoms with Gasteiger partial charge in [-0.3, -0.25) is 9.48 Å². The van der Waals surface area contributed by atoms with Crippen LogP contribution in [-0.2, 0) is 4.79 Å². The third kappa shape index (κ3) is 3.51. The lowest BCUT2D eigenvalue weighted by atomic mass is 10.1. The van der Waals surface area contributed by atoms with E-state index in [1.165, 1.54) is 11.3 Å². The van der Waals surface area contributed by atoms with Crippen LogP contribution in [0, 0.1) is 6.92 Å². The van der Waals surface area contributed by atoms with E-state index < -0.39 is 0 Å². The van der Waals surface area contributed by atoms with Crippen molar-refractivity contribution in [3.8, 4) is 11.3 Å². The Morgan fingerprint density at radius 3 is 2.74 bits per heavy atom. The van der Waals surface area contributed by atoms with Gasteiger partial charge in [-0.15, -0.1) is 11.3 Å². The zero-order valence-corrected chi connectivity index (χ0v) is 15.1. The number of rotatable bonds is 4. The molecule has 0 saturated heterocycles. The Balaban J connectivity index is 1.78. The number of carbonyl (C=O) groups excluding carboxylic acids is 1. The van der Waals surface area contributed by atoms with Gasteiger partial charge in [0, 0.05) is 27.3 Å². The van der Waals surface area contributed by atoms with Crippen LogP contribution in [0.1, 0.15) is 17.8 Å². The highest BCUT2D eigenvalue weighted by atomic mass is 79.9. The molecule has 1 amide bonds. The summed E-state index contributed by atoms with van der Waals surface area (Å²) in [5, 5.41) is 7.56. The molecule has 7 heteroatoms. The third-order valence-corrected chi connectivity index (χ3v) is 4.86. The molecule has 0 aliphatic rings. The molecule has 5 nitrogen and oxygen atoms in total. The Labute approximate surface area is 146 Å². The Kier molecular flexibility index (Phi) is 4.58. The molecule has 1 aromatic carbocycles. The lowest BCUT2D eigenvalue weighted by Gasteiger charge is -2.10. The average Bonchev–Trinajstić information content (AvgIpc) is 3.17. The topological polar surface area (TPSA) is 59.8 Å². The number of aromatic nitrogens is 3. The largest absolute Gasteiger partial charge is 0.300 e. The zero-order valence-electron chi connectivity index (χ0n) is 12.7. The average molecular weight is 391 g/mol. The van der Waals surface area contributed by atoms with Crippen molar-refractivity contribution in [2.75, 3.05) is 5.32 Å². The Bertz CT molecular complexity index is 811. The van der Waals surface area contributed by atoms with Crippen molar-refractivity contribution in [2.24, 2.45) is 0 Å². The van der Waals surface area contributed by atoms with Crippen LogP contribution in [0.25, 0.3) is 11.3 Å². The number of hydrogen-bond donors (Lipinski definition) is 1. The lowest BCUT2D eigenvalue weighted by Crippen LogP contribution is -2.23. The molecule has 0 radical (unpaired) electrons. The Hall–Kier alpha value is -1.99. The van der Waals surface area contributed by atoms with Crippen molar-refractivity contribution < 1.29 is 4.79 Å². The van der Waals surface area contributed by atoms with Crippen LogP contribution in [0.5, 0.6) is 0 Å². The number of aryl methyl sites for hydroxylation is 1. The van der Waals surface area contributed by atoms with Crippen molar-refractivity contribution in [1.82, 2.24) is 14.8 Å². The molecule has 0 fully saturated rings. The molecule has 118 valence electrons. The Morgan fingerprint density at radius 1 is 1.35 bits per heavy atom. The summed E-state index contributed by atoms with van der Waals surface area (Å²) in [6.45, 7) is 3.81. The number of anilines is 1. The number of hydrogen-bond acceptors (Lipinski definition) is 4. The minimum Gasteiger partial charge on any atom is -0.300 e. The van der Waals surface area contributed by atoms with Crippen molar-refractivity contribution >= 4 is 38.3 Å². The standard InChI is InChI=1S/C16H15BrN4OS/c1-10(21-9-3-8-18-21)15(22)20-16-19-14(11(2)23-16)12-4-6-13(17)7-5-12/h3-10H,1-2H3,(H,19,20,22). The van der Waals surface area contributed by atoms with Gasteiger partial charge >= 0.3 is 0 Å². The quantitative estimate of drug-likeness (QED) is 0.722. The summed E-state index contributed by atoms with van der Waals surface area (Å²) in [5.41, 5.74) is 1.92. The molecule has 1 atom stereocenters. The molecule has 2 aromatic heterocycles. The molecule has 23 heavy (non-hydrogen) atoms. The first kappa shape index (κ1) is 15.9. The van der Waals surface area contributed by atoms with Crippen LogP contribution in [0.3, 0.4) is 0 Å². The fourth-order valence-corrected chi connectivity index (χ4v) is 3.27. The van der Waals surface area contributed by atoms with E-state index >= 15 is 0 Å². The summed E-state index contributed by atoms with van der Waals surface area (Å²) in [5.74, 6) is -0.134. The van der Waals surface area contributed by atoms with Gasteiger partial charge in [-0.1, -0.05) is 28.1 Å². The lowest BCUT2D eigenvalue weighted by molar-refractivity contribution is -0.119. The van der Waals surface area contributed by atoms with E-state index in [9.17, 15) is 4.79 Å². The van der Waals surface area contributed by atoms with Crippen LogP contribution in [0.4, 0.5) is 5.13 Å². The predicted octanol–water partition coefficient (Wildman–Crippen LogP) is 4.28. The SMILES string of the molecule is Cc1sc(NC(=O)C(C)n2cccn2)nc1-c1ccc(Br)cc1. The molecule has 1 unspecified atom stereocenters. The number of nitrogens with one attached hydrogen (secondary N) is 1. The zero-order chi connectivity index (χ0) is 16.4. The summed E-state index contributed by atoms with van der Waals surface area (Å²) in [4.78, 5) is 17.9. The van der Waals surface area contributed by atoms with Gasteiger partial charge < -0.3 is 5.32 Å². The van der Waals surface area contributed by atoms with E-state index in [0.29, 0.717) is 5.13 Å². The maximum Gasteiger partial charge on any atom is 0.250 e. The summed E-state index contributed by atoms with van der Waals surface area (Å²) >= 11 is 4.90.